The molecule has 0 heterocycles. The molecule has 0 radical (unpaired) electrons. The maximum Gasteiger partial charge on any atom is 0.249 e. The van der Waals surface area contributed by atoms with Gasteiger partial charge in [-0.3, -0.25) is 9.59 Å². The van der Waals surface area contributed by atoms with E-state index in [0.717, 1.165) is 0 Å². The number of hydrogen-bond donors (Lipinski definition) is 1. The standard InChI is InChI=1S/C16H10Cl2N2O2/c17-13-7-6-10(8-14(13)18)15(21)12(9-19)16(22)20-11-4-2-1-3-5-11/h1-8,12H,(H,20,22)/t12-/m0/s1. The van der Waals surface area contributed by atoms with E-state index >= 15 is 0 Å². The second-order valence-electron chi connectivity index (χ2n) is 4.41. The summed E-state index contributed by atoms with van der Waals surface area (Å²) >= 11 is 11.6. The Morgan fingerprint density at radius 1 is 1.05 bits per heavy atom. The van der Waals surface area contributed by atoms with Crippen LogP contribution in [0.5, 0.6) is 0 Å². The number of nitriles is 1. The van der Waals surface area contributed by atoms with Crippen molar-refractivity contribution in [3.63, 3.8) is 0 Å². The van der Waals surface area contributed by atoms with Crippen molar-refractivity contribution in [1.82, 2.24) is 0 Å². The van der Waals surface area contributed by atoms with Gasteiger partial charge in [-0.25, -0.2) is 0 Å². The van der Waals surface area contributed by atoms with Crippen molar-refractivity contribution in [3.05, 3.63) is 64.1 Å². The molecule has 0 unspecified atom stereocenters. The van der Waals surface area contributed by atoms with Gasteiger partial charge in [-0.1, -0.05) is 41.4 Å². The lowest BCUT2D eigenvalue weighted by Crippen LogP contribution is -2.28. The highest BCUT2D eigenvalue weighted by molar-refractivity contribution is 6.42. The van der Waals surface area contributed by atoms with Gasteiger partial charge in [0.1, 0.15) is 0 Å². The number of benzene rings is 2. The van der Waals surface area contributed by atoms with Gasteiger partial charge in [0.2, 0.25) is 5.91 Å². The first kappa shape index (κ1) is 16.0. The van der Waals surface area contributed by atoms with E-state index in [-0.39, 0.29) is 10.6 Å². The van der Waals surface area contributed by atoms with Crippen LogP contribution in [-0.2, 0) is 4.79 Å². The third kappa shape index (κ3) is 3.64. The molecule has 1 amide bonds. The molecule has 0 aliphatic carbocycles. The maximum absolute atomic E-state index is 12.3. The van der Waals surface area contributed by atoms with Gasteiger partial charge >= 0.3 is 0 Å². The Bertz CT molecular complexity index is 754. The summed E-state index contributed by atoms with van der Waals surface area (Å²) in [6.45, 7) is 0. The minimum atomic E-state index is -1.46. The Kier molecular flexibility index (Phi) is 5.16. The number of carbonyl (C=O) groups is 2. The summed E-state index contributed by atoms with van der Waals surface area (Å²) in [6, 6.07) is 14.5. The molecule has 2 aromatic carbocycles. The molecular formula is C16H10Cl2N2O2. The number of nitrogens with one attached hydrogen (secondary N) is 1. The van der Waals surface area contributed by atoms with Gasteiger partial charge in [0.25, 0.3) is 0 Å². The van der Waals surface area contributed by atoms with E-state index in [2.05, 4.69) is 5.32 Å². The highest BCUT2D eigenvalue weighted by atomic mass is 35.5. The minimum Gasteiger partial charge on any atom is -0.325 e. The van der Waals surface area contributed by atoms with Crippen molar-refractivity contribution in [2.45, 2.75) is 0 Å². The van der Waals surface area contributed by atoms with Crippen molar-refractivity contribution >= 4 is 40.6 Å². The van der Waals surface area contributed by atoms with Crippen LogP contribution in [0.1, 0.15) is 10.4 Å². The quantitative estimate of drug-likeness (QED) is 0.680. The number of ketones is 1. The molecule has 0 spiro atoms. The van der Waals surface area contributed by atoms with Gasteiger partial charge in [-0.2, -0.15) is 5.26 Å². The van der Waals surface area contributed by atoms with Gasteiger partial charge in [0.05, 0.1) is 16.1 Å². The molecule has 0 saturated carbocycles. The first-order valence-corrected chi connectivity index (χ1v) is 7.03. The summed E-state index contributed by atoms with van der Waals surface area (Å²) in [5, 5.41) is 12.1. The molecule has 22 heavy (non-hydrogen) atoms. The summed E-state index contributed by atoms with van der Waals surface area (Å²) in [5.74, 6) is -2.78. The molecule has 0 aliphatic heterocycles. The third-order valence-corrected chi connectivity index (χ3v) is 3.64. The van der Waals surface area contributed by atoms with Gasteiger partial charge in [0.15, 0.2) is 11.7 Å². The molecule has 4 nitrogen and oxygen atoms in total. The number of amides is 1. The Morgan fingerprint density at radius 3 is 2.32 bits per heavy atom. The van der Waals surface area contributed by atoms with Crippen molar-refractivity contribution in [1.29, 1.82) is 5.26 Å². The van der Waals surface area contributed by atoms with Crippen molar-refractivity contribution in [3.8, 4) is 6.07 Å². The second kappa shape index (κ2) is 7.08. The van der Waals surface area contributed by atoms with Crippen LogP contribution in [0.15, 0.2) is 48.5 Å². The second-order valence-corrected chi connectivity index (χ2v) is 5.22. The van der Waals surface area contributed by atoms with E-state index in [1.165, 1.54) is 18.2 Å². The molecule has 0 fully saturated rings. The first-order valence-electron chi connectivity index (χ1n) is 6.27. The summed E-state index contributed by atoms with van der Waals surface area (Å²) in [7, 11) is 0. The fraction of sp³-hybridized carbons (Fsp3) is 0.0625. The minimum absolute atomic E-state index is 0.157. The van der Waals surface area contributed by atoms with Crippen LogP contribution >= 0.6 is 23.2 Å². The maximum atomic E-state index is 12.3. The number of rotatable bonds is 4. The molecule has 110 valence electrons. The fourth-order valence-electron chi connectivity index (χ4n) is 1.79. The van der Waals surface area contributed by atoms with Gasteiger partial charge in [-0.05, 0) is 30.3 Å². The number of para-hydroxylation sites is 1. The molecule has 0 aliphatic rings. The van der Waals surface area contributed by atoms with E-state index in [0.29, 0.717) is 10.7 Å². The summed E-state index contributed by atoms with van der Waals surface area (Å²) in [4.78, 5) is 24.4. The molecule has 0 bridgehead atoms. The zero-order valence-electron chi connectivity index (χ0n) is 11.2. The number of carbonyl (C=O) groups excluding carboxylic acids is 2. The number of halogens is 2. The van der Waals surface area contributed by atoms with Crippen LogP contribution in [-0.4, -0.2) is 11.7 Å². The molecule has 6 heteroatoms. The summed E-state index contributed by atoms with van der Waals surface area (Å²) < 4.78 is 0. The molecule has 0 aromatic heterocycles. The van der Waals surface area contributed by atoms with Crippen molar-refractivity contribution in [2.75, 3.05) is 5.32 Å². The molecule has 0 saturated heterocycles. The normalized spacial score (nSPS) is 11.3. The van der Waals surface area contributed by atoms with Crippen LogP contribution < -0.4 is 5.32 Å². The zero-order chi connectivity index (χ0) is 16.1. The van der Waals surface area contributed by atoms with E-state index in [1.807, 2.05) is 0 Å². The highest BCUT2D eigenvalue weighted by Crippen LogP contribution is 2.24. The predicted molar refractivity (Wildman–Crippen MR) is 85.0 cm³/mol. The van der Waals surface area contributed by atoms with Crippen molar-refractivity contribution < 1.29 is 9.59 Å². The molecular weight excluding hydrogens is 323 g/mol. The molecule has 1 N–H and O–H groups in total. The SMILES string of the molecule is N#C[C@H](C(=O)Nc1ccccc1)C(=O)c1ccc(Cl)c(Cl)c1. The summed E-state index contributed by atoms with van der Waals surface area (Å²) in [5.41, 5.74) is 0.666. The van der Waals surface area contributed by atoms with Gasteiger partial charge in [0, 0.05) is 11.3 Å². The van der Waals surface area contributed by atoms with Crippen LogP contribution in [0.2, 0.25) is 10.0 Å². The summed E-state index contributed by atoms with van der Waals surface area (Å²) in [6.07, 6.45) is 0. The van der Waals surface area contributed by atoms with Gasteiger partial charge < -0.3 is 5.32 Å². The van der Waals surface area contributed by atoms with Crippen LogP contribution in [0.25, 0.3) is 0 Å². The lowest BCUT2D eigenvalue weighted by Gasteiger charge is -2.10. The molecule has 1 atom stereocenters. The lowest BCUT2D eigenvalue weighted by atomic mass is 9.98. The largest absolute Gasteiger partial charge is 0.325 e. The number of anilines is 1. The van der Waals surface area contributed by atoms with Crippen LogP contribution in [0, 0.1) is 17.2 Å². The van der Waals surface area contributed by atoms with E-state index in [4.69, 9.17) is 28.5 Å². The zero-order valence-corrected chi connectivity index (χ0v) is 12.7. The fourth-order valence-corrected chi connectivity index (χ4v) is 2.09. The monoisotopic (exact) mass is 332 g/mol. The topological polar surface area (TPSA) is 70.0 Å². The number of Topliss-reactive ketones (excluding diaryl/α,β-unsaturated/α-hetero) is 1. The highest BCUT2D eigenvalue weighted by Gasteiger charge is 2.28. The average molecular weight is 333 g/mol. The Hall–Kier alpha value is -2.35. The molecule has 2 aromatic rings. The Morgan fingerprint density at radius 2 is 1.73 bits per heavy atom. The van der Waals surface area contributed by atoms with E-state index in [9.17, 15) is 9.59 Å². The van der Waals surface area contributed by atoms with Crippen LogP contribution in [0.3, 0.4) is 0 Å². The predicted octanol–water partition coefficient (Wildman–Crippen LogP) is 3.95. The average Bonchev–Trinajstić information content (AvgIpc) is 2.51. The first-order chi connectivity index (χ1) is 10.5. The van der Waals surface area contributed by atoms with Gasteiger partial charge in [-0.15, -0.1) is 0 Å². The number of hydrogen-bond acceptors (Lipinski definition) is 3. The Labute approximate surface area is 137 Å². The van der Waals surface area contributed by atoms with E-state index < -0.39 is 17.6 Å². The third-order valence-electron chi connectivity index (χ3n) is 2.90. The smallest absolute Gasteiger partial charge is 0.249 e. The van der Waals surface area contributed by atoms with E-state index in [1.54, 1.807) is 36.4 Å². The lowest BCUT2D eigenvalue weighted by molar-refractivity contribution is -0.117. The van der Waals surface area contributed by atoms with Crippen molar-refractivity contribution in [2.24, 2.45) is 5.92 Å². The number of nitrogens with zero attached hydrogens (tertiary/aromatic N) is 1. The Balaban J connectivity index is 2.20. The van der Waals surface area contributed by atoms with Crippen LogP contribution in [0.4, 0.5) is 5.69 Å². The molecule has 2 rings (SSSR count).